The second-order valence-electron chi connectivity index (χ2n) is 6.91. The molecule has 0 bridgehead atoms. The van der Waals surface area contributed by atoms with Crippen LogP contribution in [0.3, 0.4) is 0 Å². The zero-order valence-electron chi connectivity index (χ0n) is 15.1. The average molecular weight is 356 g/mol. The van der Waals surface area contributed by atoms with Gasteiger partial charge in [0.15, 0.2) is 11.5 Å². The van der Waals surface area contributed by atoms with E-state index in [1.165, 1.54) is 27.3 Å². The van der Waals surface area contributed by atoms with E-state index in [4.69, 9.17) is 9.72 Å². The number of nitrogens with zero attached hydrogens (tertiary/aromatic N) is 1. The van der Waals surface area contributed by atoms with Gasteiger partial charge in [-0.25, -0.2) is 4.98 Å². The van der Waals surface area contributed by atoms with E-state index in [0.29, 0.717) is 5.75 Å². The molecular formula is C23H20N2O2. The van der Waals surface area contributed by atoms with Crippen LogP contribution in [0.25, 0.3) is 32.9 Å². The molecule has 4 aromatic rings. The van der Waals surface area contributed by atoms with Crippen molar-refractivity contribution in [3.63, 3.8) is 0 Å². The molecule has 0 saturated carbocycles. The molecule has 0 saturated heterocycles. The lowest BCUT2D eigenvalue weighted by Gasteiger charge is -2.23. The first-order valence-corrected chi connectivity index (χ1v) is 9.17. The first-order valence-electron chi connectivity index (χ1n) is 9.17. The van der Waals surface area contributed by atoms with Crippen LogP contribution < -0.4 is 10.1 Å². The minimum atomic E-state index is 0.132. The molecule has 5 rings (SSSR count). The van der Waals surface area contributed by atoms with Gasteiger partial charge in [-0.15, -0.1) is 0 Å². The molecule has 0 aliphatic carbocycles. The largest absolute Gasteiger partial charge is 0.504 e. The van der Waals surface area contributed by atoms with E-state index in [1.807, 2.05) is 6.07 Å². The molecule has 134 valence electrons. The van der Waals surface area contributed by atoms with Crippen molar-refractivity contribution in [2.45, 2.75) is 13.0 Å². The number of phenolic OH excluding ortho intramolecular Hbond substituents is 1. The summed E-state index contributed by atoms with van der Waals surface area (Å²) in [7, 11) is 1.56. The van der Waals surface area contributed by atoms with Crippen LogP contribution in [0.5, 0.6) is 11.5 Å². The van der Waals surface area contributed by atoms with Crippen molar-refractivity contribution in [3.8, 4) is 22.8 Å². The second kappa shape index (κ2) is 6.25. The van der Waals surface area contributed by atoms with Crippen LogP contribution in [0.1, 0.15) is 11.1 Å². The number of aromatic hydroxyl groups is 1. The quantitative estimate of drug-likeness (QED) is 0.522. The summed E-state index contributed by atoms with van der Waals surface area (Å²) < 4.78 is 5.18. The van der Waals surface area contributed by atoms with E-state index < -0.39 is 0 Å². The highest BCUT2D eigenvalue weighted by Gasteiger charge is 2.21. The molecule has 1 aromatic heterocycles. The number of ether oxygens (including phenoxy) is 1. The molecule has 2 N–H and O–H groups in total. The number of pyridine rings is 1. The van der Waals surface area contributed by atoms with E-state index in [0.717, 1.165) is 36.3 Å². The fourth-order valence-corrected chi connectivity index (χ4v) is 4.12. The molecule has 1 aliphatic heterocycles. The predicted octanol–water partition coefficient (Wildman–Crippen LogP) is 4.41. The van der Waals surface area contributed by atoms with Gasteiger partial charge in [0.05, 0.1) is 18.3 Å². The molecular weight excluding hydrogens is 336 g/mol. The smallest absolute Gasteiger partial charge is 0.160 e. The summed E-state index contributed by atoms with van der Waals surface area (Å²) in [6.45, 7) is 1.74. The van der Waals surface area contributed by atoms with Crippen molar-refractivity contribution in [3.05, 3.63) is 65.7 Å². The number of methoxy groups -OCH3 is 1. The summed E-state index contributed by atoms with van der Waals surface area (Å²) >= 11 is 0. The monoisotopic (exact) mass is 356 g/mol. The van der Waals surface area contributed by atoms with Crippen molar-refractivity contribution in [1.82, 2.24) is 10.3 Å². The van der Waals surface area contributed by atoms with Gasteiger partial charge in [0, 0.05) is 17.5 Å². The van der Waals surface area contributed by atoms with Crippen molar-refractivity contribution in [1.29, 1.82) is 0 Å². The molecule has 0 unspecified atom stereocenters. The van der Waals surface area contributed by atoms with Gasteiger partial charge >= 0.3 is 0 Å². The molecule has 0 fully saturated rings. The summed E-state index contributed by atoms with van der Waals surface area (Å²) in [5.41, 5.74) is 5.41. The second-order valence-corrected chi connectivity index (χ2v) is 6.91. The van der Waals surface area contributed by atoms with Crippen LogP contribution in [0.15, 0.2) is 54.6 Å². The summed E-state index contributed by atoms with van der Waals surface area (Å²) in [5.74, 6) is 0.602. The molecule has 0 amide bonds. The Hall–Kier alpha value is -3.11. The Labute approximate surface area is 157 Å². The van der Waals surface area contributed by atoms with E-state index in [1.54, 1.807) is 19.2 Å². The Morgan fingerprint density at radius 2 is 1.93 bits per heavy atom. The van der Waals surface area contributed by atoms with Crippen molar-refractivity contribution < 1.29 is 9.84 Å². The van der Waals surface area contributed by atoms with E-state index >= 15 is 0 Å². The fraction of sp³-hybridized carbons (Fsp3) is 0.174. The number of aromatic nitrogens is 1. The van der Waals surface area contributed by atoms with Gasteiger partial charge in [-0.05, 0) is 59.1 Å². The first-order chi connectivity index (χ1) is 13.3. The normalized spacial score (nSPS) is 13.7. The molecule has 3 aromatic carbocycles. The lowest BCUT2D eigenvalue weighted by atomic mass is 9.90. The van der Waals surface area contributed by atoms with Crippen LogP contribution in [0, 0.1) is 0 Å². The Kier molecular flexibility index (Phi) is 3.73. The van der Waals surface area contributed by atoms with Gasteiger partial charge < -0.3 is 15.2 Å². The average Bonchev–Trinajstić information content (AvgIpc) is 2.72. The van der Waals surface area contributed by atoms with E-state index in [-0.39, 0.29) is 5.75 Å². The number of fused-ring (bicyclic) bond motifs is 5. The van der Waals surface area contributed by atoms with Crippen LogP contribution in [-0.4, -0.2) is 23.7 Å². The highest BCUT2D eigenvalue weighted by Crippen LogP contribution is 2.38. The molecule has 1 aliphatic rings. The van der Waals surface area contributed by atoms with Gasteiger partial charge in [-0.2, -0.15) is 0 Å². The maximum absolute atomic E-state index is 10.2. The summed E-state index contributed by atoms with van der Waals surface area (Å²) in [6, 6.07) is 18.2. The number of rotatable bonds is 2. The molecule has 0 radical (unpaired) electrons. The van der Waals surface area contributed by atoms with Crippen LogP contribution in [0.4, 0.5) is 0 Å². The maximum Gasteiger partial charge on any atom is 0.160 e. The van der Waals surface area contributed by atoms with Crippen molar-refractivity contribution in [2.24, 2.45) is 0 Å². The van der Waals surface area contributed by atoms with Crippen LogP contribution in [-0.2, 0) is 13.0 Å². The standard InChI is InChI=1S/C23H20N2O2/c1-27-21-9-7-15(12-20(21)26)23-18-13-24-11-10-17(18)22-16-5-3-2-4-14(16)6-8-19(22)25-23/h2-9,12,24,26H,10-11,13H2,1H3. The van der Waals surface area contributed by atoms with Crippen molar-refractivity contribution in [2.75, 3.05) is 13.7 Å². The number of hydrogen-bond donors (Lipinski definition) is 2. The molecule has 27 heavy (non-hydrogen) atoms. The first kappa shape index (κ1) is 16.1. The highest BCUT2D eigenvalue weighted by molar-refractivity contribution is 6.09. The Balaban J connectivity index is 1.84. The topological polar surface area (TPSA) is 54.4 Å². The number of phenols is 1. The molecule has 4 nitrogen and oxygen atoms in total. The van der Waals surface area contributed by atoms with Gasteiger partial charge in [-0.1, -0.05) is 30.3 Å². The number of nitrogens with one attached hydrogen (secondary N) is 1. The Morgan fingerprint density at radius 1 is 1.04 bits per heavy atom. The lowest BCUT2D eigenvalue weighted by molar-refractivity contribution is 0.373. The summed E-state index contributed by atoms with van der Waals surface area (Å²) in [5, 5.41) is 17.5. The summed E-state index contributed by atoms with van der Waals surface area (Å²) in [4.78, 5) is 5.01. The van der Waals surface area contributed by atoms with Crippen LogP contribution >= 0.6 is 0 Å². The molecule has 0 atom stereocenters. The zero-order chi connectivity index (χ0) is 18.4. The van der Waals surface area contributed by atoms with Gasteiger partial charge in [0.1, 0.15) is 0 Å². The minimum absolute atomic E-state index is 0.132. The van der Waals surface area contributed by atoms with Crippen molar-refractivity contribution >= 4 is 21.7 Å². The Bertz CT molecular complexity index is 1180. The zero-order valence-corrected chi connectivity index (χ0v) is 15.1. The third-order valence-corrected chi connectivity index (χ3v) is 5.40. The maximum atomic E-state index is 10.2. The highest BCUT2D eigenvalue weighted by atomic mass is 16.5. The summed E-state index contributed by atoms with van der Waals surface area (Å²) in [6.07, 6.45) is 0.970. The Morgan fingerprint density at radius 3 is 2.78 bits per heavy atom. The minimum Gasteiger partial charge on any atom is -0.504 e. The van der Waals surface area contributed by atoms with E-state index in [9.17, 15) is 5.11 Å². The lowest BCUT2D eigenvalue weighted by Crippen LogP contribution is -2.25. The number of hydrogen-bond acceptors (Lipinski definition) is 4. The number of benzene rings is 3. The molecule has 2 heterocycles. The van der Waals surface area contributed by atoms with Gasteiger partial charge in [0.25, 0.3) is 0 Å². The third-order valence-electron chi connectivity index (χ3n) is 5.40. The molecule has 4 heteroatoms. The molecule has 0 spiro atoms. The van der Waals surface area contributed by atoms with Gasteiger partial charge in [-0.3, -0.25) is 0 Å². The van der Waals surface area contributed by atoms with Crippen LogP contribution in [0.2, 0.25) is 0 Å². The predicted molar refractivity (Wildman–Crippen MR) is 108 cm³/mol. The van der Waals surface area contributed by atoms with E-state index in [2.05, 4.69) is 41.7 Å². The fourth-order valence-electron chi connectivity index (χ4n) is 4.12. The SMILES string of the molecule is COc1ccc(-c2nc3ccc4ccccc4c3c3c2CNCC3)cc1O. The van der Waals surface area contributed by atoms with Gasteiger partial charge in [0.2, 0.25) is 0 Å². The third kappa shape index (κ3) is 2.53.